The maximum atomic E-state index is 12.1. The van der Waals surface area contributed by atoms with Gasteiger partial charge < -0.3 is 4.74 Å². The molecule has 0 saturated carbocycles. The fourth-order valence-corrected chi connectivity index (χ4v) is 2.85. The molecule has 0 radical (unpaired) electrons. The predicted molar refractivity (Wildman–Crippen MR) is 84.4 cm³/mol. The van der Waals surface area contributed by atoms with E-state index in [4.69, 9.17) is 4.74 Å². The molecule has 0 aliphatic rings. The van der Waals surface area contributed by atoms with E-state index in [2.05, 4.69) is 4.98 Å². The topological polar surface area (TPSA) is 60.7 Å². The van der Waals surface area contributed by atoms with Gasteiger partial charge in [0.2, 0.25) is 0 Å². The van der Waals surface area contributed by atoms with Gasteiger partial charge in [0.15, 0.2) is 0 Å². The third-order valence-electron chi connectivity index (χ3n) is 3.15. The Morgan fingerprint density at radius 2 is 2.09 bits per heavy atom. The number of esters is 1. The second kappa shape index (κ2) is 5.73. The fourth-order valence-electron chi connectivity index (χ4n) is 2.09. The number of thiophene rings is 1. The molecule has 22 heavy (non-hydrogen) atoms. The molecule has 0 bridgehead atoms. The van der Waals surface area contributed by atoms with Crippen molar-refractivity contribution < 1.29 is 9.53 Å². The highest BCUT2D eigenvalue weighted by molar-refractivity contribution is 7.13. The molecule has 0 aliphatic heterocycles. The van der Waals surface area contributed by atoms with Gasteiger partial charge in [-0.15, -0.1) is 11.3 Å². The number of carbonyl (C=O) groups is 1. The summed E-state index contributed by atoms with van der Waals surface area (Å²) in [4.78, 5) is 29.9. The number of aromatic nitrogens is 2. The summed E-state index contributed by atoms with van der Waals surface area (Å²) in [7, 11) is 0. The van der Waals surface area contributed by atoms with E-state index in [1.807, 2.05) is 26.0 Å². The molecule has 0 N–H and O–H groups in total. The molecule has 3 heterocycles. The Morgan fingerprint density at radius 3 is 2.82 bits per heavy atom. The maximum absolute atomic E-state index is 12.1. The molecule has 112 valence electrons. The van der Waals surface area contributed by atoms with Gasteiger partial charge in [0.1, 0.15) is 17.1 Å². The van der Waals surface area contributed by atoms with Crippen LogP contribution in [-0.2, 0) is 11.3 Å². The lowest BCUT2D eigenvalue weighted by molar-refractivity contribution is 0.0473. The molecule has 3 aromatic rings. The number of pyridine rings is 1. The van der Waals surface area contributed by atoms with Crippen LogP contribution >= 0.6 is 11.3 Å². The monoisotopic (exact) mass is 314 g/mol. The van der Waals surface area contributed by atoms with Crippen molar-refractivity contribution in [3.8, 4) is 0 Å². The number of hydrogen-bond acceptors (Lipinski definition) is 5. The zero-order valence-corrected chi connectivity index (χ0v) is 13.0. The molecule has 6 heteroatoms. The van der Waals surface area contributed by atoms with E-state index in [1.165, 1.54) is 21.8 Å². The number of fused-ring (bicyclic) bond motifs is 1. The molecular formula is C16H14N2O3S. The van der Waals surface area contributed by atoms with Crippen molar-refractivity contribution >= 4 is 23.0 Å². The zero-order valence-electron chi connectivity index (χ0n) is 12.2. The van der Waals surface area contributed by atoms with E-state index in [0.29, 0.717) is 16.2 Å². The molecule has 0 amide bonds. The second-order valence-corrected chi connectivity index (χ2v) is 6.29. The van der Waals surface area contributed by atoms with Crippen LogP contribution < -0.4 is 5.56 Å². The Hall–Kier alpha value is -2.47. The van der Waals surface area contributed by atoms with Gasteiger partial charge in [0, 0.05) is 17.1 Å². The lowest BCUT2D eigenvalue weighted by Gasteiger charge is -2.05. The van der Waals surface area contributed by atoms with E-state index in [0.717, 1.165) is 10.4 Å². The highest BCUT2D eigenvalue weighted by Crippen LogP contribution is 2.16. The van der Waals surface area contributed by atoms with Crippen molar-refractivity contribution in [1.82, 2.24) is 9.38 Å². The molecule has 0 aliphatic carbocycles. The maximum Gasteiger partial charge on any atom is 0.348 e. The number of rotatable bonds is 3. The summed E-state index contributed by atoms with van der Waals surface area (Å²) in [5, 5.41) is 0. The van der Waals surface area contributed by atoms with Gasteiger partial charge in [-0.3, -0.25) is 9.20 Å². The summed E-state index contributed by atoms with van der Waals surface area (Å²) in [6, 6.07) is 8.63. The molecule has 0 atom stereocenters. The van der Waals surface area contributed by atoms with Crippen LogP contribution in [0.2, 0.25) is 0 Å². The number of aryl methyl sites for hydroxylation is 2. The van der Waals surface area contributed by atoms with Gasteiger partial charge in [0.05, 0.1) is 5.69 Å². The molecule has 0 aromatic carbocycles. The Balaban J connectivity index is 1.81. The second-order valence-electron chi connectivity index (χ2n) is 5.01. The molecule has 0 fully saturated rings. The van der Waals surface area contributed by atoms with Crippen molar-refractivity contribution in [2.45, 2.75) is 20.5 Å². The van der Waals surface area contributed by atoms with E-state index in [1.54, 1.807) is 18.3 Å². The average molecular weight is 314 g/mol. The molecule has 5 nitrogen and oxygen atoms in total. The quantitative estimate of drug-likeness (QED) is 0.697. The van der Waals surface area contributed by atoms with E-state index in [-0.39, 0.29) is 12.2 Å². The van der Waals surface area contributed by atoms with E-state index in [9.17, 15) is 9.59 Å². The van der Waals surface area contributed by atoms with Crippen molar-refractivity contribution in [2.24, 2.45) is 0 Å². The van der Waals surface area contributed by atoms with E-state index >= 15 is 0 Å². The van der Waals surface area contributed by atoms with Crippen LogP contribution in [0, 0.1) is 13.8 Å². The third kappa shape index (κ3) is 2.92. The van der Waals surface area contributed by atoms with Gasteiger partial charge in [-0.2, -0.15) is 0 Å². The fraction of sp³-hybridized carbons (Fsp3) is 0.188. The Bertz CT molecular complexity index is 911. The molecule has 0 saturated heterocycles. The lowest BCUT2D eigenvalue weighted by Crippen LogP contribution is -2.16. The van der Waals surface area contributed by atoms with Gasteiger partial charge >= 0.3 is 5.97 Å². The van der Waals surface area contributed by atoms with Crippen molar-refractivity contribution in [3.05, 3.63) is 67.9 Å². The normalized spacial score (nSPS) is 10.8. The highest BCUT2D eigenvalue weighted by Gasteiger charge is 2.11. The summed E-state index contributed by atoms with van der Waals surface area (Å²) in [6.45, 7) is 3.81. The molecule has 0 unspecified atom stereocenters. The summed E-state index contributed by atoms with van der Waals surface area (Å²) < 4.78 is 6.69. The largest absolute Gasteiger partial charge is 0.455 e. The van der Waals surface area contributed by atoms with Crippen LogP contribution in [0.5, 0.6) is 0 Å². The third-order valence-corrected chi connectivity index (χ3v) is 4.13. The number of hydrogen-bond donors (Lipinski definition) is 0. The first-order chi connectivity index (χ1) is 10.5. The Morgan fingerprint density at radius 1 is 1.27 bits per heavy atom. The summed E-state index contributed by atoms with van der Waals surface area (Å²) in [5.74, 6) is -0.399. The molecule has 3 rings (SSSR count). The Labute approximate surface area is 130 Å². The number of ether oxygens (including phenoxy) is 1. The number of carbonyl (C=O) groups excluding carboxylic acids is 1. The molecule has 3 aromatic heterocycles. The SMILES string of the molecule is Cc1ccc2nc(COC(=O)c3ccc(C)s3)cc(=O)n2c1. The lowest BCUT2D eigenvalue weighted by atomic mass is 10.3. The van der Waals surface area contributed by atoms with Crippen LogP contribution in [0.4, 0.5) is 0 Å². The first-order valence-corrected chi connectivity index (χ1v) is 7.57. The smallest absolute Gasteiger partial charge is 0.348 e. The first kappa shape index (κ1) is 14.5. The van der Waals surface area contributed by atoms with Gasteiger partial charge in [-0.1, -0.05) is 6.07 Å². The summed E-state index contributed by atoms with van der Waals surface area (Å²) in [6.07, 6.45) is 1.73. The van der Waals surface area contributed by atoms with Gasteiger partial charge in [-0.25, -0.2) is 9.78 Å². The minimum atomic E-state index is -0.399. The van der Waals surface area contributed by atoms with Crippen molar-refractivity contribution in [1.29, 1.82) is 0 Å². The van der Waals surface area contributed by atoms with Crippen LogP contribution in [0.1, 0.15) is 25.8 Å². The minimum absolute atomic E-state index is 0.0185. The van der Waals surface area contributed by atoms with Crippen molar-refractivity contribution in [2.75, 3.05) is 0 Å². The molecule has 0 spiro atoms. The summed E-state index contributed by atoms with van der Waals surface area (Å²) in [5.41, 5.74) is 1.77. The molecular weight excluding hydrogens is 300 g/mol. The minimum Gasteiger partial charge on any atom is -0.455 e. The predicted octanol–water partition coefficient (Wildman–Crippen LogP) is 2.73. The van der Waals surface area contributed by atoms with Crippen LogP contribution in [0.25, 0.3) is 5.65 Å². The van der Waals surface area contributed by atoms with Crippen LogP contribution in [-0.4, -0.2) is 15.4 Å². The zero-order chi connectivity index (χ0) is 15.7. The van der Waals surface area contributed by atoms with Gasteiger partial charge in [0.25, 0.3) is 5.56 Å². The standard InChI is InChI=1S/C16H14N2O3S/c1-10-3-6-14-17-12(7-15(19)18(14)8-10)9-21-16(20)13-5-4-11(2)22-13/h3-8H,9H2,1-2H3. The van der Waals surface area contributed by atoms with Crippen LogP contribution in [0.3, 0.4) is 0 Å². The average Bonchev–Trinajstić information content (AvgIpc) is 2.92. The summed E-state index contributed by atoms with van der Waals surface area (Å²) >= 11 is 1.38. The van der Waals surface area contributed by atoms with Crippen molar-refractivity contribution in [3.63, 3.8) is 0 Å². The Kier molecular flexibility index (Phi) is 3.77. The number of nitrogens with zero attached hydrogens (tertiary/aromatic N) is 2. The highest BCUT2D eigenvalue weighted by atomic mass is 32.1. The van der Waals surface area contributed by atoms with E-state index < -0.39 is 5.97 Å². The first-order valence-electron chi connectivity index (χ1n) is 6.75. The van der Waals surface area contributed by atoms with Crippen LogP contribution in [0.15, 0.2) is 41.3 Å². The van der Waals surface area contributed by atoms with Gasteiger partial charge in [-0.05, 0) is 37.6 Å².